The van der Waals surface area contributed by atoms with E-state index in [1.165, 1.54) is 39.1 Å². The van der Waals surface area contributed by atoms with Crippen LogP contribution in [-0.2, 0) is 40.0 Å². The van der Waals surface area contributed by atoms with Gasteiger partial charge in [-0.25, -0.2) is 19.9 Å². The molecule has 0 radical (unpaired) electrons. The number of hydrogen-bond donors (Lipinski definition) is 3. The molecule has 300 valence electrons. The molecule has 2 aromatic carbocycles. The van der Waals surface area contributed by atoms with Gasteiger partial charge in [0.15, 0.2) is 0 Å². The highest BCUT2D eigenvalue weighted by Crippen LogP contribution is 2.42. The maximum atomic E-state index is 13.3. The van der Waals surface area contributed by atoms with E-state index in [2.05, 4.69) is 49.7 Å². The van der Waals surface area contributed by atoms with E-state index < -0.39 is 5.97 Å². The minimum absolute atomic E-state index is 0.0219. The fraction of sp³-hybridized carbons (Fsp3) is 0.350. The molecule has 0 spiro atoms. The van der Waals surface area contributed by atoms with E-state index in [0.29, 0.717) is 25.9 Å². The lowest BCUT2D eigenvalue weighted by atomic mass is 9.86. The van der Waals surface area contributed by atoms with Gasteiger partial charge in [0.25, 0.3) is 0 Å². The van der Waals surface area contributed by atoms with E-state index in [1.807, 2.05) is 55.1 Å². The zero-order valence-electron chi connectivity index (χ0n) is 31.9. The van der Waals surface area contributed by atoms with Gasteiger partial charge in [0.2, 0.25) is 5.91 Å². The summed E-state index contributed by atoms with van der Waals surface area (Å²) in [6.45, 7) is 5.44. The minimum atomic E-state index is -0.719. The highest BCUT2D eigenvalue weighted by atomic mass is 32.1. The van der Waals surface area contributed by atoms with Crippen LogP contribution in [0.3, 0.4) is 0 Å². The van der Waals surface area contributed by atoms with E-state index in [-0.39, 0.29) is 30.0 Å². The van der Waals surface area contributed by atoms with Crippen LogP contribution in [0.5, 0.6) is 0 Å². The number of ether oxygens (including phenoxy) is 1. The maximum Gasteiger partial charge on any atom is 0.306 e. The van der Waals surface area contributed by atoms with Gasteiger partial charge in [-0.2, -0.15) is 0 Å². The number of hydrogen-bond acceptors (Lipinski definition) is 17. The van der Waals surface area contributed by atoms with Gasteiger partial charge in [-0.15, -0.1) is 32.9 Å². The summed E-state index contributed by atoms with van der Waals surface area (Å²) in [6.07, 6.45) is 7.79. The number of fused-ring (bicyclic) bond motifs is 8. The molecule has 11 rings (SSSR count). The number of aromatic nitrogens is 8. The minimum Gasteiger partial charge on any atom is -0.481 e. The summed E-state index contributed by atoms with van der Waals surface area (Å²) in [5.74, 6) is 0.836. The molecule has 2 aliphatic carbocycles. The van der Waals surface area contributed by atoms with Gasteiger partial charge in [0, 0.05) is 40.1 Å². The van der Waals surface area contributed by atoms with Gasteiger partial charge in [-0.3, -0.25) is 9.59 Å². The van der Waals surface area contributed by atoms with E-state index >= 15 is 0 Å². The number of aryl methyl sites for hydroxylation is 2. The molecule has 1 aliphatic heterocycles. The molecule has 1 amide bonds. The first-order chi connectivity index (χ1) is 28.7. The first-order valence-corrected chi connectivity index (χ1v) is 22.6. The Morgan fingerprint density at radius 2 is 1.24 bits per heavy atom. The Balaban J connectivity index is 0.000000147. The van der Waals surface area contributed by atoms with Crippen molar-refractivity contribution in [1.82, 2.24) is 44.0 Å². The number of rotatable bonds is 6. The fourth-order valence-electron chi connectivity index (χ4n) is 8.43. The predicted octanol–water partition coefficient (Wildman–Crippen LogP) is 7.81. The Morgan fingerprint density at radius 1 is 0.729 bits per heavy atom. The number of carboxylic acids is 1. The lowest BCUT2D eigenvalue weighted by Gasteiger charge is -2.37. The van der Waals surface area contributed by atoms with Crippen LogP contribution in [0.25, 0.3) is 40.9 Å². The molecule has 0 bridgehead atoms. The highest BCUT2D eigenvalue weighted by Gasteiger charge is 2.35. The Morgan fingerprint density at radius 3 is 1.76 bits per heavy atom. The summed E-state index contributed by atoms with van der Waals surface area (Å²) in [6, 6.07) is 11.9. The van der Waals surface area contributed by atoms with Crippen molar-refractivity contribution in [3.63, 3.8) is 0 Å². The molecule has 59 heavy (non-hydrogen) atoms. The van der Waals surface area contributed by atoms with Crippen LogP contribution < -0.4 is 10.6 Å². The molecule has 3 aliphatic rings. The number of thiophene rings is 2. The lowest BCUT2D eigenvalue weighted by Crippen LogP contribution is -2.50. The number of nitrogens with one attached hydrogen (secondary N) is 2. The Bertz CT molecular complexity index is 2880. The highest BCUT2D eigenvalue weighted by molar-refractivity contribution is 7.19. The summed E-state index contributed by atoms with van der Waals surface area (Å²) >= 11 is 6.01. The van der Waals surface area contributed by atoms with Crippen LogP contribution in [-0.4, -0.2) is 86.3 Å². The van der Waals surface area contributed by atoms with Gasteiger partial charge in [0.1, 0.15) is 45.0 Å². The number of amides is 1. The number of morpholine rings is 1. The lowest BCUT2D eigenvalue weighted by molar-refractivity contribution is -0.147. The third-order valence-electron chi connectivity index (χ3n) is 11.1. The summed E-state index contributed by atoms with van der Waals surface area (Å²) in [5.41, 5.74) is 6.11. The fourth-order valence-corrected chi connectivity index (χ4v) is 12.2. The van der Waals surface area contributed by atoms with Gasteiger partial charge in [0.05, 0.1) is 38.3 Å². The van der Waals surface area contributed by atoms with Crippen molar-refractivity contribution < 1.29 is 19.4 Å². The van der Waals surface area contributed by atoms with Crippen LogP contribution in [0, 0.1) is 11.8 Å². The van der Waals surface area contributed by atoms with Gasteiger partial charge in [-0.05, 0) is 123 Å². The van der Waals surface area contributed by atoms with Crippen LogP contribution in [0.4, 0.5) is 23.0 Å². The van der Waals surface area contributed by atoms with Gasteiger partial charge < -0.3 is 25.4 Å². The van der Waals surface area contributed by atoms with E-state index in [4.69, 9.17) is 4.74 Å². The van der Waals surface area contributed by atoms with E-state index in [9.17, 15) is 14.7 Å². The molecule has 3 N–H and O–H groups in total. The quantitative estimate of drug-likeness (QED) is 0.147. The van der Waals surface area contributed by atoms with Crippen molar-refractivity contribution >= 4 is 121 Å². The van der Waals surface area contributed by atoms with Gasteiger partial charge >= 0.3 is 5.97 Å². The number of anilines is 4. The summed E-state index contributed by atoms with van der Waals surface area (Å²) in [5, 5.41) is 26.4. The molecule has 15 nitrogen and oxygen atoms in total. The molecule has 7 heterocycles. The molecular formula is C40H37N11O4S4. The monoisotopic (exact) mass is 863 g/mol. The van der Waals surface area contributed by atoms with Crippen molar-refractivity contribution in [3.8, 4) is 0 Å². The van der Waals surface area contributed by atoms with Crippen molar-refractivity contribution in [3.05, 3.63) is 69.9 Å². The zero-order valence-corrected chi connectivity index (χ0v) is 35.2. The molecule has 0 unspecified atom stereocenters. The molecule has 1 fully saturated rings. The smallest absolute Gasteiger partial charge is 0.306 e. The summed E-state index contributed by atoms with van der Waals surface area (Å²) in [4.78, 5) is 48.8. The van der Waals surface area contributed by atoms with Crippen molar-refractivity contribution in [2.45, 2.75) is 64.6 Å². The number of carbonyl (C=O) groups is 2. The summed E-state index contributed by atoms with van der Waals surface area (Å²) in [7, 11) is 0. The largest absolute Gasteiger partial charge is 0.481 e. The standard InChI is InChI=1S/C23H24N6O2S2.C17H13N5O2S2/c1-12-9-29(10-13(2)31-12)23(30)14-3-5-16-18(7-14)32-22-20(16)21(24-11-25-22)26-15-4-6-17-19(8-15)33-28-27-17;23-17(24)8-1-3-10-12(5-8)25-16-14(10)15(18-7-19-16)20-9-2-4-11-13(6-9)26-22-21-11/h4,6,8,11-14H,3,5,7,9-10H2,1-2H3,(H,24,25,26);2,4,6-8H,1,3,5H2,(H,23,24)(H,18,19,20)/t12-,13-,14+;8-/m10/s1. The number of aliphatic carboxylic acids is 1. The number of carboxylic acid groups (broad SMARTS) is 1. The molecule has 6 aromatic heterocycles. The van der Waals surface area contributed by atoms with Gasteiger partial charge in [-0.1, -0.05) is 8.98 Å². The van der Waals surface area contributed by atoms with Crippen molar-refractivity contribution in [2.75, 3.05) is 23.7 Å². The molecule has 1 saturated heterocycles. The van der Waals surface area contributed by atoms with Crippen LogP contribution >= 0.6 is 45.7 Å². The second-order valence-corrected chi connectivity index (χ2v) is 18.9. The summed E-state index contributed by atoms with van der Waals surface area (Å²) < 4.78 is 15.8. The second-order valence-electron chi connectivity index (χ2n) is 15.2. The van der Waals surface area contributed by atoms with Crippen molar-refractivity contribution in [2.24, 2.45) is 11.8 Å². The SMILES string of the molecule is C[C@@H]1CN(C(=O)[C@H]2CCc3c(sc4ncnc(Nc5ccc6nnsc6c5)c34)C2)C[C@@H](C)O1.O=C(O)[C@H]1CCc2c(sc3ncnc(Nc4ccc5nnsc5c4)c23)C1. The van der Waals surface area contributed by atoms with E-state index in [0.717, 1.165) is 94.4 Å². The Kier molecular flexibility index (Phi) is 10.1. The Hall–Kier alpha value is -5.34. The number of nitrogens with zero attached hydrogens (tertiary/aromatic N) is 9. The molecule has 8 aromatic rings. The molecule has 19 heteroatoms. The van der Waals surface area contributed by atoms with Crippen LogP contribution in [0.2, 0.25) is 0 Å². The molecule has 4 atom stereocenters. The van der Waals surface area contributed by atoms with Crippen LogP contribution in [0.15, 0.2) is 49.1 Å². The van der Waals surface area contributed by atoms with Crippen LogP contribution in [0.1, 0.15) is 47.6 Å². The first-order valence-electron chi connectivity index (χ1n) is 19.4. The third-order valence-corrected chi connectivity index (χ3v) is 14.8. The Labute approximate surface area is 353 Å². The van der Waals surface area contributed by atoms with E-state index in [1.54, 1.807) is 35.3 Å². The number of carbonyl (C=O) groups excluding carboxylic acids is 1. The normalized spacial score (nSPS) is 20.3. The second kappa shape index (κ2) is 15.7. The van der Waals surface area contributed by atoms with Crippen molar-refractivity contribution in [1.29, 1.82) is 0 Å². The maximum absolute atomic E-state index is 13.3. The average molecular weight is 864 g/mol. The predicted molar refractivity (Wildman–Crippen MR) is 231 cm³/mol. The third kappa shape index (κ3) is 7.45. The number of benzene rings is 2. The molecule has 0 saturated carbocycles. The zero-order chi connectivity index (χ0) is 40.2. The molecular weight excluding hydrogens is 827 g/mol. The average Bonchev–Trinajstić information content (AvgIpc) is 4.04. The topological polar surface area (TPSA) is 194 Å². The first kappa shape index (κ1) is 37.9.